The standard InChI is InChI=1S/C6H17NO2S/c1-6(2,3)10(5,8,9)7-4/h1-5H3,(H2,7,8,9). The van der Waals surface area contributed by atoms with E-state index in [1.165, 1.54) is 13.3 Å². The molecule has 3 nitrogen and oxygen atoms in total. The molecule has 0 saturated heterocycles. The maximum absolute atomic E-state index is 11.6. The van der Waals surface area contributed by atoms with Crippen molar-refractivity contribution in [3.05, 3.63) is 0 Å². The summed E-state index contributed by atoms with van der Waals surface area (Å²) in [5, 5.41) is 0. The van der Waals surface area contributed by atoms with Crippen LogP contribution in [0, 0.1) is 0 Å². The molecule has 0 amide bonds. The van der Waals surface area contributed by atoms with Crippen LogP contribution in [-0.4, -0.2) is 26.8 Å². The van der Waals surface area contributed by atoms with Gasteiger partial charge in [-0.25, -0.2) is 4.72 Å². The number of nitrogens with one attached hydrogen (secondary N) is 1. The van der Waals surface area contributed by atoms with Crippen molar-refractivity contribution in [1.82, 2.24) is 4.72 Å². The van der Waals surface area contributed by atoms with E-state index in [2.05, 4.69) is 4.72 Å². The lowest BCUT2D eigenvalue weighted by molar-refractivity contribution is 0.468. The first-order chi connectivity index (χ1) is 4.09. The van der Waals surface area contributed by atoms with E-state index < -0.39 is 14.3 Å². The number of hydrogen-bond acceptors (Lipinski definition) is 1. The molecule has 0 atom stereocenters. The van der Waals surface area contributed by atoms with Gasteiger partial charge in [0.2, 0.25) is 0 Å². The highest BCUT2D eigenvalue weighted by atomic mass is 32.3. The van der Waals surface area contributed by atoms with Crippen LogP contribution in [0.15, 0.2) is 0 Å². The van der Waals surface area contributed by atoms with Gasteiger partial charge in [-0.1, -0.05) is 0 Å². The zero-order valence-electron chi connectivity index (χ0n) is 7.26. The van der Waals surface area contributed by atoms with Gasteiger partial charge >= 0.3 is 0 Å². The van der Waals surface area contributed by atoms with Crippen LogP contribution in [0.2, 0.25) is 0 Å². The minimum Gasteiger partial charge on any atom is -0.290 e. The highest BCUT2D eigenvalue weighted by Crippen LogP contribution is 2.29. The van der Waals surface area contributed by atoms with E-state index in [0.29, 0.717) is 0 Å². The summed E-state index contributed by atoms with van der Waals surface area (Å²) in [5.41, 5.74) is 0. The smallest absolute Gasteiger partial charge is 0.0609 e. The molecule has 0 saturated carbocycles. The van der Waals surface area contributed by atoms with E-state index in [1.807, 2.05) is 0 Å². The third kappa shape index (κ3) is 1.56. The second-order valence-electron chi connectivity index (χ2n) is 3.60. The average molecular weight is 167 g/mol. The van der Waals surface area contributed by atoms with Gasteiger partial charge in [0.05, 0.1) is 4.75 Å². The fourth-order valence-corrected chi connectivity index (χ4v) is 0.919. The lowest BCUT2D eigenvalue weighted by atomic mass is 10.3. The summed E-state index contributed by atoms with van der Waals surface area (Å²) in [6.45, 7) is 5.20. The zero-order chi connectivity index (χ0) is 8.65. The Morgan fingerprint density at radius 3 is 1.70 bits per heavy atom. The Morgan fingerprint density at radius 1 is 1.40 bits per heavy atom. The fourth-order valence-electron chi connectivity index (χ4n) is 0.306. The molecular formula is C6H17NO2S. The largest absolute Gasteiger partial charge is 0.290 e. The summed E-state index contributed by atoms with van der Waals surface area (Å²) >= 11 is 0. The first kappa shape index (κ1) is 10.1. The average Bonchev–Trinajstić information content (AvgIpc) is 1.62. The molecule has 0 aliphatic rings. The van der Waals surface area contributed by atoms with Crippen LogP contribution in [-0.2, 0) is 9.53 Å². The van der Waals surface area contributed by atoms with Gasteiger partial charge in [0.15, 0.2) is 0 Å². The Morgan fingerprint density at radius 2 is 1.70 bits per heavy atom. The molecule has 0 bridgehead atoms. The van der Waals surface area contributed by atoms with Gasteiger partial charge in [-0.05, 0) is 20.8 Å². The predicted octanol–water partition coefficient (Wildman–Crippen LogP) is 0.842. The lowest BCUT2D eigenvalue weighted by Gasteiger charge is -2.49. The minimum atomic E-state index is -3.60. The monoisotopic (exact) mass is 167 g/mol. The van der Waals surface area contributed by atoms with Crippen molar-refractivity contribution in [2.24, 2.45) is 0 Å². The van der Waals surface area contributed by atoms with Crippen LogP contribution < -0.4 is 4.72 Å². The van der Waals surface area contributed by atoms with Gasteiger partial charge in [-0.2, -0.15) is 4.21 Å². The van der Waals surface area contributed by atoms with Gasteiger partial charge in [0, 0.05) is 13.3 Å². The van der Waals surface area contributed by atoms with Crippen molar-refractivity contribution >= 4 is 9.53 Å². The molecule has 0 aromatic rings. The molecule has 0 fully saturated rings. The molecular weight excluding hydrogens is 150 g/mol. The Labute approximate surface area is 62.6 Å². The summed E-state index contributed by atoms with van der Waals surface area (Å²) in [7, 11) is -2.10. The topological polar surface area (TPSA) is 49.3 Å². The van der Waals surface area contributed by atoms with Gasteiger partial charge in [-0.3, -0.25) is 4.55 Å². The van der Waals surface area contributed by atoms with Crippen LogP contribution in [0.25, 0.3) is 0 Å². The normalized spacial score (nSPS) is 18.0. The number of rotatable bonds is 1. The quantitative estimate of drug-likeness (QED) is 0.608. The Hall–Kier alpha value is 0.0700. The van der Waals surface area contributed by atoms with E-state index in [9.17, 15) is 8.76 Å². The predicted molar refractivity (Wildman–Crippen MR) is 45.5 cm³/mol. The summed E-state index contributed by atoms with van der Waals surface area (Å²) in [4.78, 5) is 0. The van der Waals surface area contributed by atoms with Crippen LogP contribution in [0.4, 0.5) is 0 Å². The van der Waals surface area contributed by atoms with Gasteiger partial charge < -0.3 is 0 Å². The second-order valence-corrected chi connectivity index (χ2v) is 7.80. The van der Waals surface area contributed by atoms with Crippen molar-refractivity contribution in [3.63, 3.8) is 0 Å². The van der Waals surface area contributed by atoms with E-state index >= 15 is 0 Å². The molecule has 0 aromatic carbocycles. The van der Waals surface area contributed by atoms with Crippen molar-refractivity contribution in [2.75, 3.05) is 13.3 Å². The zero-order valence-corrected chi connectivity index (χ0v) is 8.08. The van der Waals surface area contributed by atoms with Crippen LogP contribution in [0.3, 0.4) is 0 Å². The van der Waals surface area contributed by atoms with E-state index in [1.54, 1.807) is 20.8 Å². The molecule has 4 heteroatoms. The minimum absolute atomic E-state index is 0.619. The molecule has 2 N–H and O–H groups in total. The lowest BCUT2D eigenvalue weighted by Crippen LogP contribution is -2.57. The second kappa shape index (κ2) is 2.03. The fraction of sp³-hybridized carbons (Fsp3) is 1.00. The van der Waals surface area contributed by atoms with Crippen LogP contribution in [0.5, 0.6) is 0 Å². The van der Waals surface area contributed by atoms with Crippen molar-refractivity contribution in [3.8, 4) is 0 Å². The Kier molecular flexibility index (Phi) is 2.04. The first-order valence-electron chi connectivity index (χ1n) is 3.17. The van der Waals surface area contributed by atoms with Crippen molar-refractivity contribution in [1.29, 1.82) is 0 Å². The molecule has 0 rings (SSSR count). The highest BCUT2D eigenvalue weighted by Gasteiger charge is 2.34. The van der Waals surface area contributed by atoms with Gasteiger partial charge in [0.1, 0.15) is 0 Å². The third-order valence-corrected chi connectivity index (χ3v) is 5.77. The SMILES string of the molecule is CNS(C)(=O)(O)C(C)(C)C. The molecule has 10 heavy (non-hydrogen) atoms. The maximum Gasteiger partial charge on any atom is 0.0609 e. The van der Waals surface area contributed by atoms with E-state index in [4.69, 9.17) is 0 Å². The van der Waals surface area contributed by atoms with Gasteiger partial charge in [0.25, 0.3) is 0 Å². The molecule has 0 spiro atoms. The first-order valence-corrected chi connectivity index (χ1v) is 5.50. The Bertz CT molecular complexity index is 186. The van der Waals surface area contributed by atoms with Crippen molar-refractivity contribution < 1.29 is 8.76 Å². The van der Waals surface area contributed by atoms with Crippen molar-refractivity contribution in [2.45, 2.75) is 25.5 Å². The summed E-state index contributed by atoms with van der Waals surface area (Å²) in [5.74, 6) is 0. The summed E-state index contributed by atoms with van der Waals surface area (Å²) in [6.07, 6.45) is 1.34. The molecule has 0 aliphatic heterocycles. The van der Waals surface area contributed by atoms with Gasteiger partial charge in [-0.15, -0.1) is 9.53 Å². The summed E-state index contributed by atoms with van der Waals surface area (Å²) in [6, 6.07) is 0. The molecule has 64 valence electrons. The van der Waals surface area contributed by atoms with E-state index in [-0.39, 0.29) is 0 Å². The van der Waals surface area contributed by atoms with E-state index in [0.717, 1.165) is 0 Å². The Balaban J connectivity index is 4.91. The van der Waals surface area contributed by atoms with Crippen LogP contribution in [0.1, 0.15) is 20.8 Å². The molecule has 0 radical (unpaired) electrons. The summed E-state index contributed by atoms with van der Waals surface area (Å²) < 4.78 is 23.0. The highest BCUT2D eigenvalue weighted by molar-refractivity contribution is 8.13. The molecule has 0 aliphatic carbocycles. The number of hydrogen-bond donors (Lipinski definition) is 2. The van der Waals surface area contributed by atoms with Crippen LogP contribution >= 0.6 is 0 Å². The maximum atomic E-state index is 11.6. The molecule has 0 heterocycles. The molecule has 0 unspecified atom stereocenters. The third-order valence-electron chi connectivity index (χ3n) is 1.92. The molecule has 0 aromatic heterocycles.